The van der Waals surface area contributed by atoms with Crippen LogP contribution in [0.25, 0.3) is 0 Å². The van der Waals surface area contributed by atoms with E-state index in [1.807, 2.05) is 6.07 Å². The highest BCUT2D eigenvalue weighted by Gasteiger charge is 2.22. The van der Waals surface area contributed by atoms with Crippen molar-refractivity contribution in [2.45, 2.75) is 32.4 Å². The fourth-order valence-electron chi connectivity index (χ4n) is 2.98. The largest absolute Gasteiger partial charge is 0.494 e. The Labute approximate surface area is 155 Å². The van der Waals surface area contributed by atoms with E-state index < -0.39 is 5.56 Å². The van der Waals surface area contributed by atoms with Crippen molar-refractivity contribution >= 4 is 23.5 Å². The van der Waals surface area contributed by atoms with E-state index >= 15 is 0 Å². The highest BCUT2D eigenvalue weighted by atomic mass is 35.5. The first-order valence-electron chi connectivity index (χ1n) is 8.29. The summed E-state index contributed by atoms with van der Waals surface area (Å²) >= 11 is 6.10. The molecule has 1 aromatic carbocycles. The van der Waals surface area contributed by atoms with E-state index in [1.165, 1.54) is 10.8 Å². The molecule has 2 aromatic rings. The minimum Gasteiger partial charge on any atom is -0.494 e. The predicted molar refractivity (Wildman–Crippen MR) is 99.5 cm³/mol. The summed E-state index contributed by atoms with van der Waals surface area (Å²) in [7, 11) is 0. The third kappa shape index (κ3) is 3.50. The van der Waals surface area contributed by atoms with E-state index in [0.717, 1.165) is 12.8 Å². The number of ether oxygens (including phenoxy) is 1. The lowest BCUT2D eigenvalue weighted by Gasteiger charge is -2.17. The zero-order valence-electron chi connectivity index (χ0n) is 14.3. The van der Waals surface area contributed by atoms with Crippen LogP contribution in [0.4, 0.5) is 5.69 Å². The average Bonchev–Trinajstić information content (AvgIpc) is 3.14. The molecule has 0 saturated carbocycles. The summed E-state index contributed by atoms with van der Waals surface area (Å²) in [5.74, 6) is -0.224. The van der Waals surface area contributed by atoms with Crippen LogP contribution < -0.4 is 5.56 Å². The van der Waals surface area contributed by atoms with Crippen molar-refractivity contribution in [3.8, 4) is 11.9 Å². The van der Waals surface area contributed by atoms with Gasteiger partial charge in [0.25, 0.3) is 5.56 Å². The molecule has 1 aliphatic heterocycles. The standard InChI is InChI=1S/C19H18ClN3O3/c1-12-14(9-21)18(24)23(11-13-5-4-8-26-13)19(25)15(12)10-22-17-7-3-2-6-16(17)20/h2-3,6-7,10,13,25H,4-5,8,11H2,1H3. The van der Waals surface area contributed by atoms with Crippen molar-refractivity contribution in [2.24, 2.45) is 4.99 Å². The molecule has 1 N–H and O–H groups in total. The molecule has 7 heteroatoms. The van der Waals surface area contributed by atoms with Crippen molar-refractivity contribution in [1.29, 1.82) is 5.26 Å². The lowest BCUT2D eigenvalue weighted by molar-refractivity contribution is 0.0938. The Kier molecular flexibility index (Phi) is 5.40. The molecule has 1 aliphatic rings. The summed E-state index contributed by atoms with van der Waals surface area (Å²) in [5.41, 5.74) is 0.700. The van der Waals surface area contributed by atoms with Crippen LogP contribution in [-0.4, -0.2) is 28.6 Å². The second-order valence-electron chi connectivity index (χ2n) is 6.11. The summed E-state index contributed by atoms with van der Waals surface area (Å²) in [6, 6.07) is 8.96. The van der Waals surface area contributed by atoms with Gasteiger partial charge in [0.1, 0.15) is 11.6 Å². The molecule has 0 aliphatic carbocycles. The maximum atomic E-state index is 12.6. The second kappa shape index (κ2) is 7.73. The normalized spacial score (nSPS) is 16.9. The van der Waals surface area contributed by atoms with Crippen LogP contribution in [0.2, 0.25) is 5.02 Å². The van der Waals surface area contributed by atoms with Crippen molar-refractivity contribution in [2.75, 3.05) is 6.61 Å². The first kappa shape index (κ1) is 18.2. The predicted octanol–water partition coefficient (Wildman–Crippen LogP) is 3.32. The molecule has 0 amide bonds. The fourth-order valence-corrected chi connectivity index (χ4v) is 3.16. The van der Waals surface area contributed by atoms with Gasteiger partial charge in [0.15, 0.2) is 0 Å². The molecular weight excluding hydrogens is 354 g/mol. The van der Waals surface area contributed by atoms with Crippen molar-refractivity contribution in [3.05, 3.63) is 56.3 Å². The highest BCUT2D eigenvalue weighted by Crippen LogP contribution is 2.26. The fraction of sp³-hybridized carbons (Fsp3) is 0.316. The van der Waals surface area contributed by atoms with E-state index in [1.54, 1.807) is 31.2 Å². The number of nitrogens with zero attached hydrogens (tertiary/aromatic N) is 3. The first-order chi connectivity index (χ1) is 12.5. The number of nitriles is 1. The van der Waals surface area contributed by atoms with Crippen molar-refractivity contribution in [3.63, 3.8) is 0 Å². The Bertz CT molecular complexity index is 954. The Morgan fingerprint density at radius 2 is 2.27 bits per heavy atom. The van der Waals surface area contributed by atoms with Crippen LogP contribution in [0, 0.1) is 18.3 Å². The van der Waals surface area contributed by atoms with E-state index in [2.05, 4.69) is 4.99 Å². The van der Waals surface area contributed by atoms with Crippen LogP contribution in [-0.2, 0) is 11.3 Å². The highest BCUT2D eigenvalue weighted by molar-refractivity contribution is 6.33. The minimum atomic E-state index is -0.520. The maximum Gasteiger partial charge on any atom is 0.271 e. The van der Waals surface area contributed by atoms with Gasteiger partial charge in [-0.15, -0.1) is 0 Å². The molecular formula is C19H18ClN3O3. The zero-order chi connectivity index (χ0) is 18.7. The molecule has 0 radical (unpaired) electrons. The molecule has 0 spiro atoms. The van der Waals surface area contributed by atoms with Gasteiger partial charge in [0, 0.05) is 12.8 Å². The molecule has 26 heavy (non-hydrogen) atoms. The molecule has 1 atom stereocenters. The van der Waals surface area contributed by atoms with Crippen LogP contribution >= 0.6 is 11.6 Å². The van der Waals surface area contributed by atoms with Gasteiger partial charge in [-0.2, -0.15) is 5.26 Å². The van der Waals surface area contributed by atoms with Gasteiger partial charge in [0.2, 0.25) is 5.88 Å². The average molecular weight is 372 g/mol. The number of para-hydroxylation sites is 1. The number of aliphatic imine (C=N–C) groups is 1. The van der Waals surface area contributed by atoms with Gasteiger partial charge in [0.05, 0.1) is 28.9 Å². The second-order valence-corrected chi connectivity index (χ2v) is 6.52. The summed E-state index contributed by atoms with van der Waals surface area (Å²) < 4.78 is 6.74. The minimum absolute atomic E-state index is 0.0126. The molecule has 0 bridgehead atoms. The number of hydrogen-bond donors (Lipinski definition) is 1. The maximum absolute atomic E-state index is 12.6. The molecule has 1 aromatic heterocycles. The SMILES string of the molecule is Cc1c(C=Nc2ccccc2Cl)c(O)n(CC2CCCO2)c(=O)c1C#N. The Morgan fingerprint density at radius 1 is 1.50 bits per heavy atom. The Hall–Kier alpha value is -2.62. The lowest BCUT2D eigenvalue weighted by atomic mass is 10.1. The lowest BCUT2D eigenvalue weighted by Crippen LogP contribution is -2.29. The van der Waals surface area contributed by atoms with Crippen LogP contribution in [0.1, 0.15) is 29.5 Å². The Morgan fingerprint density at radius 3 is 2.92 bits per heavy atom. The number of aromatic nitrogens is 1. The summed E-state index contributed by atoms with van der Waals surface area (Å²) in [6.07, 6.45) is 3.00. The van der Waals surface area contributed by atoms with Gasteiger partial charge >= 0.3 is 0 Å². The van der Waals surface area contributed by atoms with E-state index in [0.29, 0.717) is 28.4 Å². The smallest absolute Gasteiger partial charge is 0.271 e. The molecule has 1 saturated heterocycles. The van der Waals surface area contributed by atoms with Gasteiger partial charge in [-0.1, -0.05) is 23.7 Å². The number of pyridine rings is 1. The molecule has 1 fully saturated rings. The summed E-state index contributed by atoms with van der Waals surface area (Å²) in [6.45, 7) is 2.45. The topological polar surface area (TPSA) is 87.6 Å². The van der Waals surface area contributed by atoms with Gasteiger partial charge in [-0.25, -0.2) is 0 Å². The molecule has 6 nitrogen and oxygen atoms in total. The monoisotopic (exact) mass is 371 g/mol. The molecule has 134 valence electrons. The first-order valence-corrected chi connectivity index (χ1v) is 8.67. The van der Waals surface area contributed by atoms with Gasteiger partial charge < -0.3 is 9.84 Å². The van der Waals surface area contributed by atoms with E-state index in [4.69, 9.17) is 16.3 Å². The van der Waals surface area contributed by atoms with Crippen molar-refractivity contribution < 1.29 is 9.84 Å². The Balaban J connectivity index is 2.08. The van der Waals surface area contributed by atoms with Crippen molar-refractivity contribution in [1.82, 2.24) is 4.57 Å². The van der Waals surface area contributed by atoms with Gasteiger partial charge in [-0.3, -0.25) is 14.4 Å². The zero-order valence-corrected chi connectivity index (χ0v) is 15.0. The van der Waals surface area contributed by atoms with E-state index in [-0.39, 0.29) is 24.1 Å². The van der Waals surface area contributed by atoms with E-state index in [9.17, 15) is 15.2 Å². The molecule has 2 heterocycles. The number of hydrogen-bond acceptors (Lipinski definition) is 5. The number of halogens is 1. The third-order valence-electron chi connectivity index (χ3n) is 4.44. The number of rotatable bonds is 4. The van der Waals surface area contributed by atoms with Crippen LogP contribution in [0.3, 0.4) is 0 Å². The molecule has 3 rings (SSSR count). The quantitative estimate of drug-likeness (QED) is 0.835. The number of aromatic hydroxyl groups is 1. The third-order valence-corrected chi connectivity index (χ3v) is 4.76. The molecule has 1 unspecified atom stereocenters. The number of benzene rings is 1. The van der Waals surface area contributed by atoms with Crippen LogP contribution in [0.5, 0.6) is 5.88 Å². The van der Waals surface area contributed by atoms with Gasteiger partial charge in [-0.05, 0) is 37.5 Å². The summed E-state index contributed by atoms with van der Waals surface area (Å²) in [5, 5.41) is 20.5. The van der Waals surface area contributed by atoms with Crippen LogP contribution in [0.15, 0.2) is 34.1 Å². The summed E-state index contributed by atoms with van der Waals surface area (Å²) in [4.78, 5) is 16.9.